The number of carbonyl (C=O) groups is 1. The van der Waals surface area contributed by atoms with Gasteiger partial charge in [0.15, 0.2) is 0 Å². The van der Waals surface area contributed by atoms with Gasteiger partial charge in [0, 0.05) is 16.5 Å². The van der Waals surface area contributed by atoms with E-state index in [1.807, 2.05) is 24.3 Å². The molecule has 1 N–H and O–H groups in total. The Morgan fingerprint density at radius 1 is 1.12 bits per heavy atom. The Morgan fingerprint density at radius 3 is 2.54 bits per heavy atom. The molecule has 0 aliphatic heterocycles. The number of halogens is 1. The van der Waals surface area contributed by atoms with E-state index in [4.69, 9.17) is 16.3 Å². The second kappa shape index (κ2) is 7.43. The van der Waals surface area contributed by atoms with Gasteiger partial charge in [0.05, 0.1) is 0 Å². The fraction of sp³-hybridized carbons (Fsp3) is 0.211. The van der Waals surface area contributed by atoms with E-state index in [1.165, 1.54) is 24.2 Å². The molecule has 0 radical (unpaired) electrons. The van der Waals surface area contributed by atoms with Crippen LogP contribution in [0.25, 0.3) is 0 Å². The number of carbonyl (C=O) groups excluding carboxylic acids is 1. The zero-order valence-electron chi connectivity index (χ0n) is 13.8. The van der Waals surface area contributed by atoms with Crippen LogP contribution >= 0.6 is 22.9 Å². The number of hydrogen-bond acceptors (Lipinski definition) is 5. The van der Waals surface area contributed by atoms with E-state index in [9.17, 15) is 4.79 Å². The lowest BCUT2D eigenvalue weighted by molar-refractivity contribution is 0.102. The topological polar surface area (TPSA) is 64.1 Å². The first kappa shape index (κ1) is 17.0. The number of anilines is 1. The Kier molecular flexibility index (Phi) is 4.86. The van der Waals surface area contributed by atoms with Crippen molar-refractivity contribution in [3.05, 3.63) is 69.7 Å². The number of rotatable bonds is 6. The van der Waals surface area contributed by atoms with Crippen molar-refractivity contribution in [2.45, 2.75) is 25.4 Å². The van der Waals surface area contributed by atoms with Crippen molar-refractivity contribution in [3.8, 4) is 5.75 Å². The molecule has 2 aromatic carbocycles. The first-order valence-electron chi connectivity index (χ1n) is 8.29. The van der Waals surface area contributed by atoms with Crippen molar-refractivity contribution in [3.63, 3.8) is 0 Å². The Balaban J connectivity index is 1.33. The van der Waals surface area contributed by atoms with E-state index in [2.05, 4.69) is 15.5 Å². The molecule has 1 aromatic heterocycles. The molecule has 3 aromatic rings. The SMILES string of the molecule is O=C(Nc1nnc(C2CC2)s1)c1ccc(COc2ccc(Cl)cc2)cc1. The highest BCUT2D eigenvalue weighted by atomic mass is 35.5. The van der Waals surface area contributed by atoms with Gasteiger partial charge in [-0.3, -0.25) is 10.1 Å². The highest BCUT2D eigenvalue weighted by Crippen LogP contribution is 2.42. The van der Waals surface area contributed by atoms with Gasteiger partial charge < -0.3 is 4.74 Å². The summed E-state index contributed by atoms with van der Waals surface area (Å²) in [6, 6.07) is 14.5. The van der Waals surface area contributed by atoms with Crippen LogP contribution in [0, 0.1) is 0 Å². The maximum atomic E-state index is 12.3. The Bertz CT molecular complexity index is 905. The van der Waals surface area contributed by atoms with Gasteiger partial charge in [-0.05, 0) is 54.8 Å². The van der Waals surface area contributed by atoms with Crippen LogP contribution < -0.4 is 10.1 Å². The van der Waals surface area contributed by atoms with Crippen LogP contribution in [0.1, 0.15) is 39.7 Å². The molecule has 7 heteroatoms. The van der Waals surface area contributed by atoms with Crippen LogP contribution in [0.2, 0.25) is 5.02 Å². The summed E-state index contributed by atoms with van der Waals surface area (Å²) in [6.45, 7) is 0.421. The molecule has 1 aliphatic carbocycles. The van der Waals surface area contributed by atoms with Crippen LogP contribution in [0.15, 0.2) is 48.5 Å². The smallest absolute Gasteiger partial charge is 0.257 e. The van der Waals surface area contributed by atoms with Gasteiger partial charge in [0.2, 0.25) is 5.13 Å². The molecule has 0 bridgehead atoms. The third-order valence-corrected chi connectivity index (χ3v) is 5.28. The second-order valence-electron chi connectivity index (χ2n) is 6.11. The second-order valence-corrected chi connectivity index (χ2v) is 7.56. The summed E-state index contributed by atoms with van der Waals surface area (Å²) >= 11 is 7.31. The summed E-state index contributed by atoms with van der Waals surface area (Å²) in [5.74, 6) is 1.10. The lowest BCUT2D eigenvalue weighted by Gasteiger charge is -2.07. The van der Waals surface area contributed by atoms with Crippen molar-refractivity contribution in [2.75, 3.05) is 5.32 Å². The van der Waals surface area contributed by atoms with E-state index >= 15 is 0 Å². The maximum absolute atomic E-state index is 12.3. The van der Waals surface area contributed by atoms with Crippen molar-refractivity contribution in [1.29, 1.82) is 0 Å². The minimum absolute atomic E-state index is 0.186. The monoisotopic (exact) mass is 385 g/mol. The summed E-state index contributed by atoms with van der Waals surface area (Å²) < 4.78 is 5.70. The third kappa shape index (κ3) is 4.20. The molecule has 0 unspecified atom stereocenters. The lowest BCUT2D eigenvalue weighted by atomic mass is 10.1. The number of ether oxygens (including phenoxy) is 1. The molecule has 0 saturated heterocycles. The molecule has 132 valence electrons. The van der Waals surface area contributed by atoms with Crippen molar-refractivity contribution in [1.82, 2.24) is 10.2 Å². The molecular formula is C19H16ClN3O2S. The minimum Gasteiger partial charge on any atom is -0.489 e. The minimum atomic E-state index is -0.186. The van der Waals surface area contributed by atoms with E-state index in [0.29, 0.717) is 28.2 Å². The molecule has 1 aliphatic rings. The number of amides is 1. The first-order valence-corrected chi connectivity index (χ1v) is 9.49. The maximum Gasteiger partial charge on any atom is 0.257 e. The number of aromatic nitrogens is 2. The van der Waals surface area contributed by atoms with E-state index in [1.54, 1.807) is 24.3 Å². The molecule has 0 atom stereocenters. The van der Waals surface area contributed by atoms with Crippen LogP contribution in [0.4, 0.5) is 5.13 Å². The third-order valence-electron chi connectivity index (χ3n) is 4.02. The standard InChI is InChI=1S/C19H16ClN3O2S/c20-15-7-9-16(10-8-15)25-11-12-1-3-13(4-2-12)17(24)21-19-23-22-18(26-19)14-5-6-14/h1-4,7-10,14H,5-6,11H2,(H,21,23,24). The summed E-state index contributed by atoms with van der Waals surface area (Å²) in [6.07, 6.45) is 2.34. The number of nitrogens with zero attached hydrogens (tertiary/aromatic N) is 2. The zero-order valence-corrected chi connectivity index (χ0v) is 15.4. The van der Waals surface area contributed by atoms with Crippen LogP contribution in [0.3, 0.4) is 0 Å². The van der Waals surface area contributed by atoms with Gasteiger partial charge in [-0.25, -0.2) is 0 Å². The number of hydrogen-bond donors (Lipinski definition) is 1. The normalized spacial score (nSPS) is 13.4. The van der Waals surface area contributed by atoms with Gasteiger partial charge >= 0.3 is 0 Å². The van der Waals surface area contributed by atoms with Gasteiger partial charge in [-0.15, -0.1) is 10.2 Å². The Morgan fingerprint density at radius 2 is 1.85 bits per heavy atom. The predicted molar refractivity (Wildman–Crippen MR) is 102 cm³/mol. The molecule has 26 heavy (non-hydrogen) atoms. The molecule has 1 fully saturated rings. The van der Waals surface area contributed by atoms with Crippen molar-refractivity contribution < 1.29 is 9.53 Å². The lowest BCUT2D eigenvalue weighted by Crippen LogP contribution is -2.11. The van der Waals surface area contributed by atoms with E-state index in [0.717, 1.165) is 16.3 Å². The van der Waals surface area contributed by atoms with Crippen molar-refractivity contribution in [2.24, 2.45) is 0 Å². The molecule has 1 heterocycles. The van der Waals surface area contributed by atoms with Crippen LogP contribution in [-0.2, 0) is 6.61 Å². The molecule has 0 spiro atoms. The largest absolute Gasteiger partial charge is 0.489 e. The van der Waals surface area contributed by atoms with E-state index in [-0.39, 0.29) is 5.91 Å². The van der Waals surface area contributed by atoms with Crippen molar-refractivity contribution >= 4 is 34.0 Å². The number of nitrogens with one attached hydrogen (secondary N) is 1. The fourth-order valence-corrected chi connectivity index (χ4v) is 3.43. The van der Waals surface area contributed by atoms with Gasteiger partial charge in [0.1, 0.15) is 17.4 Å². The Labute approximate surface area is 160 Å². The molecule has 5 nitrogen and oxygen atoms in total. The fourth-order valence-electron chi connectivity index (χ4n) is 2.40. The average Bonchev–Trinajstić information content (AvgIpc) is 3.41. The molecule has 1 amide bonds. The average molecular weight is 386 g/mol. The van der Waals surface area contributed by atoms with Crippen LogP contribution in [0.5, 0.6) is 5.75 Å². The zero-order chi connectivity index (χ0) is 17.9. The predicted octanol–water partition coefficient (Wildman–Crippen LogP) is 4.90. The molecule has 4 rings (SSSR count). The summed E-state index contributed by atoms with van der Waals surface area (Å²) in [7, 11) is 0. The highest BCUT2D eigenvalue weighted by molar-refractivity contribution is 7.15. The van der Waals surface area contributed by atoms with Crippen LogP contribution in [-0.4, -0.2) is 16.1 Å². The summed E-state index contributed by atoms with van der Waals surface area (Å²) in [4.78, 5) is 12.3. The van der Waals surface area contributed by atoms with Gasteiger partial charge in [0.25, 0.3) is 5.91 Å². The molecular weight excluding hydrogens is 370 g/mol. The highest BCUT2D eigenvalue weighted by Gasteiger charge is 2.27. The van der Waals surface area contributed by atoms with Gasteiger partial charge in [-0.1, -0.05) is 35.1 Å². The first-order chi connectivity index (χ1) is 12.7. The van der Waals surface area contributed by atoms with Gasteiger partial charge in [-0.2, -0.15) is 0 Å². The van der Waals surface area contributed by atoms with E-state index < -0.39 is 0 Å². The Hall–Kier alpha value is -2.44. The molecule has 1 saturated carbocycles. The summed E-state index contributed by atoms with van der Waals surface area (Å²) in [5, 5.41) is 13.2. The number of benzene rings is 2. The summed E-state index contributed by atoms with van der Waals surface area (Å²) in [5.41, 5.74) is 1.55. The quantitative estimate of drug-likeness (QED) is 0.655.